The lowest BCUT2D eigenvalue weighted by atomic mass is 10.1. The quantitative estimate of drug-likeness (QED) is 0.822. The van der Waals surface area contributed by atoms with Crippen LogP contribution in [0, 0.1) is 5.92 Å². The number of hydrogen-bond acceptors (Lipinski definition) is 1. The van der Waals surface area contributed by atoms with E-state index in [1.54, 1.807) is 0 Å². The lowest BCUT2D eigenvalue weighted by molar-refractivity contribution is 0.134. The van der Waals surface area contributed by atoms with E-state index in [1.165, 1.54) is 0 Å². The number of hydrogen-bond donors (Lipinski definition) is 1. The lowest BCUT2D eigenvalue weighted by Crippen LogP contribution is -2.07. The van der Waals surface area contributed by atoms with Gasteiger partial charge in [-0.05, 0) is 46.0 Å². The third kappa shape index (κ3) is 1.51. The van der Waals surface area contributed by atoms with Gasteiger partial charge in [-0.15, -0.1) is 0 Å². The smallest absolute Gasteiger partial charge is 0.0927 e. The van der Waals surface area contributed by atoms with Crippen molar-refractivity contribution >= 4 is 27.5 Å². The molecule has 1 nitrogen and oxygen atoms in total. The predicted octanol–water partition coefficient (Wildman–Crippen LogP) is 3.33. The molecule has 0 aromatic heterocycles. The molecule has 2 unspecified atom stereocenters. The van der Waals surface area contributed by atoms with Gasteiger partial charge >= 0.3 is 0 Å². The average molecular weight is 262 g/mol. The molecule has 0 spiro atoms. The molecule has 2 atom stereocenters. The molecular formula is C10H10BrClO. The number of benzene rings is 1. The molecule has 1 aromatic rings. The van der Waals surface area contributed by atoms with Crippen LogP contribution >= 0.6 is 27.5 Å². The van der Waals surface area contributed by atoms with Crippen molar-refractivity contribution in [1.29, 1.82) is 0 Å². The Morgan fingerprint density at radius 3 is 2.69 bits per heavy atom. The van der Waals surface area contributed by atoms with Crippen LogP contribution in [0.4, 0.5) is 0 Å². The van der Waals surface area contributed by atoms with Gasteiger partial charge in [-0.25, -0.2) is 0 Å². The summed E-state index contributed by atoms with van der Waals surface area (Å²) in [6, 6.07) is 5.59. The van der Waals surface area contributed by atoms with E-state index >= 15 is 0 Å². The van der Waals surface area contributed by atoms with Crippen molar-refractivity contribution in [2.75, 3.05) is 0 Å². The number of halogens is 2. The Kier molecular flexibility index (Phi) is 2.17. The summed E-state index contributed by atoms with van der Waals surface area (Å²) < 4.78 is 0.846. The molecule has 0 radical (unpaired) electrons. The molecule has 0 heterocycles. The van der Waals surface area contributed by atoms with E-state index in [-0.39, 0.29) is 0 Å². The molecule has 1 aliphatic rings. The second-order valence-electron chi connectivity index (χ2n) is 3.66. The maximum atomic E-state index is 10.0. The molecule has 1 fully saturated rings. The second kappa shape index (κ2) is 2.97. The SMILES string of the molecule is CC1CC1(O)c1ccc(Cl)c(Br)c1. The first-order valence-corrected chi connectivity index (χ1v) is 5.39. The highest BCUT2D eigenvalue weighted by molar-refractivity contribution is 9.10. The Balaban J connectivity index is 2.38. The zero-order chi connectivity index (χ0) is 9.64. The Morgan fingerprint density at radius 2 is 2.23 bits per heavy atom. The van der Waals surface area contributed by atoms with Crippen molar-refractivity contribution in [3.8, 4) is 0 Å². The monoisotopic (exact) mass is 260 g/mol. The molecule has 1 aliphatic carbocycles. The van der Waals surface area contributed by atoms with Crippen LogP contribution in [0.5, 0.6) is 0 Å². The highest BCUT2D eigenvalue weighted by Crippen LogP contribution is 2.52. The van der Waals surface area contributed by atoms with Gasteiger partial charge in [0.25, 0.3) is 0 Å². The molecule has 1 saturated carbocycles. The van der Waals surface area contributed by atoms with Crippen LogP contribution in [0.15, 0.2) is 22.7 Å². The second-order valence-corrected chi connectivity index (χ2v) is 4.92. The summed E-state index contributed by atoms with van der Waals surface area (Å²) in [4.78, 5) is 0. The maximum absolute atomic E-state index is 10.0. The zero-order valence-corrected chi connectivity index (χ0v) is 9.56. The largest absolute Gasteiger partial charge is 0.385 e. The van der Waals surface area contributed by atoms with Crippen molar-refractivity contribution in [2.45, 2.75) is 18.9 Å². The molecule has 0 aliphatic heterocycles. The van der Waals surface area contributed by atoms with Gasteiger partial charge in [-0.3, -0.25) is 0 Å². The van der Waals surface area contributed by atoms with Crippen LogP contribution in [0.3, 0.4) is 0 Å². The molecule has 70 valence electrons. The zero-order valence-electron chi connectivity index (χ0n) is 7.22. The van der Waals surface area contributed by atoms with Crippen LogP contribution in [0.25, 0.3) is 0 Å². The summed E-state index contributed by atoms with van der Waals surface area (Å²) in [5.41, 5.74) is 0.351. The summed E-state index contributed by atoms with van der Waals surface area (Å²) in [7, 11) is 0. The van der Waals surface area contributed by atoms with Gasteiger partial charge < -0.3 is 5.11 Å². The highest BCUT2D eigenvalue weighted by atomic mass is 79.9. The average Bonchev–Trinajstić information content (AvgIpc) is 2.67. The van der Waals surface area contributed by atoms with Crippen LogP contribution in [-0.4, -0.2) is 5.11 Å². The van der Waals surface area contributed by atoms with Crippen molar-refractivity contribution in [3.63, 3.8) is 0 Å². The molecule has 0 bridgehead atoms. The Labute approximate surface area is 90.9 Å². The van der Waals surface area contributed by atoms with E-state index in [4.69, 9.17) is 11.6 Å². The molecule has 3 heteroatoms. The fourth-order valence-corrected chi connectivity index (χ4v) is 2.07. The molecule has 1 N–H and O–H groups in total. The van der Waals surface area contributed by atoms with Crippen molar-refractivity contribution in [1.82, 2.24) is 0 Å². The van der Waals surface area contributed by atoms with E-state index in [9.17, 15) is 5.11 Å². The Morgan fingerprint density at radius 1 is 1.62 bits per heavy atom. The molecule has 13 heavy (non-hydrogen) atoms. The lowest BCUT2D eigenvalue weighted by Gasteiger charge is -2.10. The van der Waals surface area contributed by atoms with E-state index in [0.717, 1.165) is 16.5 Å². The van der Waals surface area contributed by atoms with Gasteiger partial charge in [-0.1, -0.05) is 24.6 Å². The summed E-state index contributed by atoms with van der Waals surface area (Å²) in [6.07, 6.45) is 0.848. The van der Waals surface area contributed by atoms with Crippen LogP contribution < -0.4 is 0 Å². The summed E-state index contributed by atoms with van der Waals surface area (Å²) in [6.45, 7) is 2.04. The topological polar surface area (TPSA) is 20.2 Å². The standard InChI is InChI=1S/C10H10BrClO/c1-6-5-10(6,13)7-2-3-9(12)8(11)4-7/h2-4,6,13H,5H2,1H3. The van der Waals surface area contributed by atoms with Crippen LogP contribution in [-0.2, 0) is 5.60 Å². The minimum atomic E-state index is -0.604. The van der Waals surface area contributed by atoms with E-state index in [0.29, 0.717) is 10.9 Å². The Bertz CT molecular complexity index is 353. The number of aliphatic hydroxyl groups is 1. The summed E-state index contributed by atoms with van der Waals surface area (Å²) >= 11 is 9.20. The first-order valence-electron chi connectivity index (χ1n) is 4.22. The maximum Gasteiger partial charge on any atom is 0.0927 e. The highest BCUT2D eigenvalue weighted by Gasteiger charge is 2.50. The fourth-order valence-electron chi connectivity index (χ4n) is 1.58. The van der Waals surface area contributed by atoms with Gasteiger partial charge in [0.05, 0.1) is 10.6 Å². The summed E-state index contributed by atoms with van der Waals surface area (Å²) in [5.74, 6) is 0.362. The third-order valence-corrected chi connectivity index (χ3v) is 3.91. The van der Waals surface area contributed by atoms with Crippen molar-refractivity contribution in [2.24, 2.45) is 5.92 Å². The van der Waals surface area contributed by atoms with Crippen molar-refractivity contribution in [3.05, 3.63) is 33.3 Å². The molecular weight excluding hydrogens is 251 g/mol. The van der Waals surface area contributed by atoms with Gasteiger partial charge in [0, 0.05) is 4.47 Å². The number of rotatable bonds is 1. The van der Waals surface area contributed by atoms with Crippen LogP contribution in [0.1, 0.15) is 18.9 Å². The van der Waals surface area contributed by atoms with Gasteiger partial charge in [0.15, 0.2) is 0 Å². The van der Waals surface area contributed by atoms with Gasteiger partial charge in [-0.2, -0.15) is 0 Å². The normalized spacial score (nSPS) is 31.8. The first kappa shape index (κ1) is 9.50. The molecule has 1 aromatic carbocycles. The van der Waals surface area contributed by atoms with Crippen molar-refractivity contribution < 1.29 is 5.11 Å². The van der Waals surface area contributed by atoms with Gasteiger partial charge in [0.2, 0.25) is 0 Å². The molecule has 2 rings (SSSR count). The Hall–Kier alpha value is -0.0500. The van der Waals surface area contributed by atoms with E-state index in [2.05, 4.69) is 15.9 Å². The summed E-state index contributed by atoms with van der Waals surface area (Å²) in [5, 5.41) is 10.7. The minimum Gasteiger partial charge on any atom is -0.385 e. The first-order chi connectivity index (χ1) is 6.04. The van der Waals surface area contributed by atoms with E-state index in [1.807, 2.05) is 25.1 Å². The van der Waals surface area contributed by atoms with Gasteiger partial charge in [0.1, 0.15) is 0 Å². The molecule has 0 amide bonds. The van der Waals surface area contributed by atoms with E-state index < -0.39 is 5.60 Å². The molecule has 0 saturated heterocycles. The fraction of sp³-hybridized carbons (Fsp3) is 0.400. The van der Waals surface area contributed by atoms with Crippen LogP contribution in [0.2, 0.25) is 5.02 Å². The predicted molar refractivity (Wildman–Crippen MR) is 56.8 cm³/mol. The third-order valence-electron chi connectivity index (χ3n) is 2.69. The minimum absolute atomic E-state index is 0.362.